The van der Waals surface area contributed by atoms with Gasteiger partial charge < -0.3 is 9.47 Å². The van der Waals surface area contributed by atoms with Crippen LogP contribution in [0.5, 0.6) is 0 Å². The van der Waals surface area contributed by atoms with Crippen molar-refractivity contribution in [3.63, 3.8) is 0 Å². The third-order valence-corrected chi connectivity index (χ3v) is 2.19. The lowest BCUT2D eigenvalue weighted by Crippen LogP contribution is -2.37. The summed E-state index contributed by atoms with van der Waals surface area (Å²) >= 11 is 0. The number of Topliss-reactive ketones (excluding diaryl/α,β-unsaturated/α-hetero) is 2. The first-order valence-electron chi connectivity index (χ1n) is 5.92. The van der Waals surface area contributed by atoms with Crippen LogP contribution in [0.3, 0.4) is 0 Å². The summed E-state index contributed by atoms with van der Waals surface area (Å²) in [5.74, 6) is -2.19. The van der Waals surface area contributed by atoms with Crippen LogP contribution in [0.15, 0.2) is 0 Å². The third kappa shape index (κ3) is 10.1. The molecule has 0 heterocycles. The van der Waals surface area contributed by atoms with E-state index in [1.54, 1.807) is 0 Å². The number of hydrogen-bond donors (Lipinski definition) is 0. The van der Waals surface area contributed by atoms with E-state index in [0.717, 1.165) is 0 Å². The van der Waals surface area contributed by atoms with Crippen LogP contribution in [0.1, 0.15) is 6.42 Å². The molecule has 0 N–H and O–H groups in total. The van der Waals surface area contributed by atoms with Crippen molar-refractivity contribution in [2.75, 3.05) is 32.8 Å². The van der Waals surface area contributed by atoms with Gasteiger partial charge in [-0.15, -0.1) is 0 Å². The molecule has 0 atom stereocenters. The monoisotopic (exact) mass is 301 g/mol. The summed E-state index contributed by atoms with van der Waals surface area (Å²) in [7, 11) is 0. The fourth-order valence-corrected chi connectivity index (χ4v) is 1.30. The van der Waals surface area contributed by atoms with Gasteiger partial charge >= 0.3 is 5.97 Å². The van der Waals surface area contributed by atoms with Crippen molar-refractivity contribution in [2.24, 2.45) is 0 Å². The Kier molecular flexibility index (Phi) is 10.1. The summed E-state index contributed by atoms with van der Waals surface area (Å²) in [6, 6.07) is 0. The van der Waals surface area contributed by atoms with Crippen molar-refractivity contribution in [2.45, 2.75) is 6.42 Å². The van der Waals surface area contributed by atoms with Gasteiger partial charge in [-0.05, 0) is 0 Å². The third-order valence-electron chi connectivity index (χ3n) is 2.19. The lowest BCUT2D eigenvalue weighted by atomic mass is 10.3. The minimum atomic E-state index is -0.776. The smallest absolute Gasteiger partial charge is 0.307 e. The topological polar surface area (TPSA) is 124 Å². The first-order valence-corrected chi connectivity index (χ1v) is 5.92. The van der Waals surface area contributed by atoms with E-state index < -0.39 is 17.5 Å². The molecule has 0 saturated heterocycles. The Morgan fingerprint density at radius 2 is 1.48 bits per heavy atom. The van der Waals surface area contributed by atoms with Crippen molar-refractivity contribution in [1.29, 1.82) is 0 Å². The number of nitrogens with zero attached hydrogens (tertiary/aromatic N) is 1. The van der Waals surface area contributed by atoms with Gasteiger partial charge in [-0.25, -0.2) is 0 Å². The number of hydrogen-bond acceptors (Lipinski definition) is 9. The van der Waals surface area contributed by atoms with Gasteiger partial charge in [0.25, 0.3) is 6.47 Å². The molecule has 0 saturated carbocycles. The molecule has 116 valence electrons. The van der Waals surface area contributed by atoms with Crippen LogP contribution < -0.4 is 0 Å². The van der Waals surface area contributed by atoms with Gasteiger partial charge in [0.1, 0.15) is 13.2 Å². The van der Waals surface area contributed by atoms with E-state index in [1.807, 2.05) is 0 Å². The van der Waals surface area contributed by atoms with Gasteiger partial charge in [0.2, 0.25) is 11.6 Å². The maximum atomic E-state index is 11.3. The van der Waals surface area contributed by atoms with Gasteiger partial charge in [-0.2, -0.15) is 0 Å². The number of carbonyl (C=O) groups excluding carboxylic acids is 6. The average Bonchev–Trinajstić information content (AvgIpc) is 2.48. The van der Waals surface area contributed by atoms with Crippen LogP contribution in [0.25, 0.3) is 0 Å². The molecule has 9 heteroatoms. The fourth-order valence-electron chi connectivity index (χ4n) is 1.30. The highest BCUT2D eigenvalue weighted by atomic mass is 16.6. The lowest BCUT2D eigenvalue weighted by molar-refractivity contribution is -0.148. The molecule has 21 heavy (non-hydrogen) atoms. The van der Waals surface area contributed by atoms with Gasteiger partial charge in [-0.1, -0.05) is 0 Å². The second-order valence-electron chi connectivity index (χ2n) is 3.82. The minimum absolute atomic E-state index is 0.0352. The molecule has 0 aliphatic carbocycles. The van der Waals surface area contributed by atoms with Crippen LogP contribution >= 0.6 is 0 Å². The van der Waals surface area contributed by atoms with Crippen molar-refractivity contribution in [3.05, 3.63) is 0 Å². The zero-order chi connectivity index (χ0) is 16.1. The minimum Gasteiger partial charge on any atom is -0.464 e. The van der Waals surface area contributed by atoms with Crippen LogP contribution in [0.4, 0.5) is 0 Å². The summed E-state index contributed by atoms with van der Waals surface area (Å²) in [4.78, 5) is 64.9. The molecule has 0 radical (unpaired) electrons. The standard InChI is InChI=1S/C12H15NO8/c14-7-10(17)5-13(6-11(18)8-15)2-1-12(19)21-4-3-20-9-16/h7-9H,1-6H2. The number of ketones is 2. The highest BCUT2D eigenvalue weighted by molar-refractivity contribution is 6.27. The Balaban J connectivity index is 4.19. The maximum Gasteiger partial charge on any atom is 0.307 e. The quantitative estimate of drug-likeness (QED) is 0.163. The zero-order valence-corrected chi connectivity index (χ0v) is 11.2. The van der Waals surface area contributed by atoms with Crippen LogP contribution in [-0.2, 0) is 38.2 Å². The zero-order valence-electron chi connectivity index (χ0n) is 11.2. The summed E-state index contributed by atoms with van der Waals surface area (Å²) in [6.45, 7) is -0.752. The molecule has 0 unspecified atom stereocenters. The first kappa shape index (κ1) is 18.6. The average molecular weight is 301 g/mol. The predicted molar refractivity (Wildman–Crippen MR) is 66.2 cm³/mol. The summed E-state index contributed by atoms with van der Waals surface area (Å²) in [5.41, 5.74) is 0. The molecule has 9 nitrogen and oxygen atoms in total. The molecule has 0 aromatic heterocycles. The highest BCUT2D eigenvalue weighted by Crippen LogP contribution is 1.95. The molecule has 0 fully saturated rings. The summed E-state index contributed by atoms with van der Waals surface area (Å²) in [6.07, 6.45) is 0.0281. The Hall–Kier alpha value is -2.42. The second-order valence-corrected chi connectivity index (χ2v) is 3.82. The number of rotatable bonds is 13. The van der Waals surface area contributed by atoms with Crippen LogP contribution in [0.2, 0.25) is 0 Å². The molecule has 0 amide bonds. The SMILES string of the molecule is O=COCCOC(=O)CCN(CC(=O)C=O)CC(=O)C=O. The molecule has 0 aliphatic rings. The summed E-state index contributed by atoms with van der Waals surface area (Å²) < 4.78 is 9.01. The van der Waals surface area contributed by atoms with Crippen LogP contribution in [-0.4, -0.2) is 74.3 Å². The molecule has 0 aromatic rings. The molecule has 0 rings (SSSR count). The summed E-state index contributed by atoms with van der Waals surface area (Å²) in [5, 5.41) is 0. The van der Waals surface area contributed by atoms with Crippen molar-refractivity contribution < 1.29 is 38.2 Å². The van der Waals surface area contributed by atoms with Gasteiger partial charge in [0.05, 0.1) is 19.5 Å². The van der Waals surface area contributed by atoms with Gasteiger partial charge in [-0.3, -0.25) is 33.7 Å². The fraction of sp³-hybridized carbons (Fsp3) is 0.500. The van der Waals surface area contributed by atoms with Crippen molar-refractivity contribution in [3.8, 4) is 0 Å². The maximum absolute atomic E-state index is 11.3. The molecule has 0 bridgehead atoms. The largest absolute Gasteiger partial charge is 0.464 e. The Bertz CT molecular complexity index is 384. The van der Waals surface area contributed by atoms with E-state index in [-0.39, 0.29) is 58.3 Å². The van der Waals surface area contributed by atoms with Crippen molar-refractivity contribution >= 4 is 36.6 Å². The molecule has 0 aromatic carbocycles. The van der Waals surface area contributed by atoms with Crippen LogP contribution in [0, 0.1) is 0 Å². The number of ether oxygens (including phenoxy) is 2. The number of carbonyl (C=O) groups is 6. The van der Waals surface area contributed by atoms with E-state index >= 15 is 0 Å². The Morgan fingerprint density at radius 1 is 0.905 bits per heavy atom. The molecular formula is C12H15NO8. The number of aldehydes is 2. The first-order chi connectivity index (χ1) is 10.0. The Morgan fingerprint density at radius 3 is 1.95 bits per heavy atom. The van der Waals surface area contributed by atoms with E-state index in [1.165, 1.54) is 4.90 Å². The second kappa shape index (κ2) is 11.4. The van der Waals surface area contributed by atoms with E-state index in [0.29, 0.717) is 0 Å². The van der Waals surface area contributed by atoms with Crippen molar-refractivity contribution in [1.82, 2.24) is 4.90 Å². The van der Waals surface area contributed by atoms with E-state index in [4.69, 9.17) is 4.74 Å². The normalized spacial score (nSPS) is 9.76. The predicted octanol–water partition coefficient (Wildman–Crippen LogP) is -2.07. The van der Waals surface area contributed by atoms with E-state index in [2.05, 4.69) is 4.74 Å². The highest BCUT2D eigenvalue weighted by Gasteiger charge is 2.15. The van der Waals surface area contributed by atoms with Gasteiger partial charge in [0, 0.05) is 6.54 Å². The number of esters is 1. The molecular weight excluding hydrogens is 286 g/mol. The van der Waals surface area contributed by atoms with Gasteiger partial charge in [0.15, 0.2) is 12.6 Å². The Labute approximate surface area is 120 Å². The molecule has 0 aliphatic heterocycles. The molecule has 0 spiro atoms. The lowest BCUT2D eigenvalue weighted by Gasteiger charge is -2.17. The van der Waals surface area contributed by atoms with E-state index in [9.17, 15) is 28.8 Å².